The Morgan fingerprint density at radius 3 is 2.80 bits per heavy atom. The highest BCUT2D eigenvalue weighted by molar-refractivity contribution is 6.15. The average molecular weight is 141 g/mol. The Kier molecular flexibility index (Phi) is 5.35. The second kappa shape index (κ2) is 5.51. The summed E-state index contributed by atoms with van der Waals surface area (Å²) >= 11 is 0. The van der Waals surface area contributed by atoms with E-state index in [1.807, 2.05) is 6.92 Å². The van der Waals surface area contributed by atoms with E-state index in [0.29, 0.717) is 12.5 Å². The fraction of sp³-hybridized carbons (Fsp3) is 0.714. The molecule has 0 aliphatic carbocycles. The molecule has 0 aliphatic heterocycles. The van der Waals surface area contributed by atoms with Crippen LogP contribution in [0.5, 0.6) is 0 Å². The van der Waals surface area contributed by atoms with Gasteiger partial charge in [0.1, 0.15) is 0 Å². The Morgan fingerprint density at radius 2 is 2.40 bits per heavy atom. The van der Waals surface area contributed by atoms with Gasteiger partial charge in [0.15, 0.2) is 0 Å². The van der Waals surface area contributed by atoms with Crippen LogP contribution in [-0.4, -0.2) is 19.3 Å². The van der Waals surface area contributed by atoms with E-state index in [1.54, 1.807) is 0 Å². The summed E-state index contributed by atoms with van der Waals surface area (Å²) in [4.78, 5) is 0. The molecule has 1 unspecified atom stereocenters. The number of hydrogen-bond acceptors (Lipinski definition) is 2. The van der Waals surface area contributed by atoms with Crippen molar-refractivity contribution in [1.29, 1.82) is 0 Å². The van der Waals surface area contributed by atoms with Crippen LogP contribution in [0.25, 0.3) is 0 Å². The Hall–Kier alpha value is -0.275. The SMILES string of the molecule is C=C(CC)C(C)CO[B]O. The second-order valence-electron chi connectivity index (χ2n) is 2.35. The monoisotopic (exact) mass is 141 g/mol. The van der Waals surface area contributed by atoms with Crippen LogP contribution in [0.4, 0.5) is 0 Å². The lowest BCUT2D eigenvalue weighted by Gasteiger charge is -2.11. The molecule has 0 aromatic heterocycles. The minimum absolute atomic E-state index is 0.327. The minimum Gasteiger partial charge on any atom is -0.429 e. The van der Waals surface area contributed by atoms with E-state index in [-0.39, 0.29) is 0 Å². The van der Waals surface area contributed by atoms with Crippen LogP contribution in [0.2, 0.25) is 0 Å². The molecule has 0 fully saturated rings. The summed E-state index contributed by atoms with van der Waals surface area (Å²) in [5.41, 5.74) is 1.15. The first-order chi connectivity index (χ1) is 4.72. The van der Waals surface area contributed by atoms with Crippen LogP contribution in [-0.2, 0) is 4.65 Å². The lowest BCUT2D eigenvalue weighted by molar-refractivity contribution is 0.252. The highest BCUT2D eigenvalue weighted by Crippen LogP contribution is 2.10. The maximum atomic E-state index is 8.19. The summed E-state index contributed by atoms with van der Waals surface area (Å²) in [7, 11) is 0.722. The molecule has 0 spiro atoms. The molecule has 10 heavy (non-hydrogen) atoms. The fourth-order valence-corrected chi connectivity index (χ4v) is 0.654. The summed E-state index contributed by atoms with van der Waals surface area (Å²) in [6.07, 6.45) is 0.968. The van der Waals surface area contributed by atoms with Crippen molar-refractivity contribution >= 4 is 7.69 Å². The van der Waals surface area contributed by atoms with Gasteiger partial charge in [0.25, 0.3) is 0 Å². The van der Waals surface area contributed by atoms with Gasteiger partial charge in [-0.1, -0.05) is 26.0 Å². The Balaban J connectivity index is 3.41. The van der Waals surface area contributed by atoms with Gasteiger partial charge in [0.2, 0.25) is 0 Å². The number of hydrogen-bond donors (Lipinski definition) is 1. The smallest absolute Gasteiger partial charge is 0.429 e. The zero-order valence-electron chi connectivity index (χ0n) is 6.63. The molecule has 1 atom stereocenters. The van der Waals surface area contributed by atoms with Crippen LogP contribution >= 0.6 is 0 Å². The van der Waals surface area contributed by atoms with Crippen LogP contribution in [0, 0.1) is 5.92 Å². The molecule has 0 saturated heterocycles. The van der Waals surface area contributed by atoms with Gasteiger partial charge in [-0.05, 0) is 12.3 Å². The standard InChI is InChI=1S/C7H14BO2/c1-4-6(2)7(3)5-10-8-9/h7,9H,2,4-5H2,1,3H3. The van der Waals surface area contributed by atoms with Gasteiger partial charge in [-0.2, -0.15) is 0 Å². The number of rotatable bonds is 5. The van der Waals surface area contributed by atoms with Gasteiger partial charge in [0.05, 0.1) is 0 Å². The highest BCUT2D eigenvalue weighted by Gasteiger charge is 2.03. The molecule has 0 amide bonds. The summed E-state index contributed by atoms with van der Waals surface area (Å²) in [6, 6.07) is 0. The molecule has 57 valence electrons. The van der Waals surface area contributed by atoms with Crippen molar-refractivity contribution in [3.63, 3.8) is 0 Å². The van der Waals surface area contributed by atoms with Gasteiger partial charge in [-0.25, -0.2) is 0 Å². The zero-order chi connectivity index (χ0) is 7.98. The van der Waals surface area contributed by atoms with E-state index in [2.05, 4.69) is 18.2 Å². The normalized spacial score (nSPS) is 12.7. The fourth-order valence-electron chi connectivity index (χ4n) is 0.654. The molecule has 0 saturated carbocycles. The van der Waals surface area contributed by atoms with Gasteiger partial charge in [-0.15, -0.1) is 0 Å². The summed E-state index contributed by atoms with van der Waals surface area (Å²) in [6.45, 7) is 8.45. The van der Waals surface area contributed by atoms with Crippen molar-refractivity contribution in [2.75, 3.05) is 6.61 Å². The van der Waals surface area contributed by atoms with E-state index in [4.69, 9.17) is 5.02 Å². The molecule has 0 heterocycles. The predicted molar refractivity (Wildman–Crippen MR) is 42.5 cm³/mol. The Labute approximate surface area is 63.2 Å². The van der Waals surface area contributed by atoms with E-state index in [9.17, 15) is 0 Å². The molecule has 0 aromatic carbocycles. The van der Waals surface area contributed by atoms with Crippen molar-refractivity contribution in [2.45, 2.75) is 20.3 Å². The van der Waals surface area contributed by atoms with Crippen molar-refractivity contribution in [3.8, 4) is 0 Å². The molecular formula is C7H14BO2. The molecule has 0 bridgehead atoms. The minimum atomic E-state index is 0.327. The van der Waals surface area contributed by atoms with Crippen LogP contribution in [0.3, 0.4) is 0 Å². The van der Waals surface area contributed by atoms with Gasteiger partial charge < -0.3 is 9.68 Å². The van der Waals surface area contributed by atoms with E-state index >= 15 is 0 Å². The molecule has 0 rings (SSSR count). The maximum absolute atomic E-state index is 8.19. The van der Waals surface area contributed by atoms with Crippen LogP contribution in [0.15, 0.2) is 12.2 Å². The first-order valence-corrected chi connectivity index (χ1v) is 3.47. The third-order valence-electron chi connectivity index (χ3n) is 1.57. The second-order valence-corrected chi connectivity index (χ2v) is 2.35. The quantitative estimate of drug-likeness (QED) is 0.459. The Bertz CT molecular complexity index is 104. The van der Waals surface area contributed by atoms with Gasteiger partial charge >= 0.3 is 7.69 Å². The molecule has 1 radical (unpaired) electrons. The van der Waals surface area contributed by atoms with Gasteiger partial charge in [-0.3, -0.25) is 0 Å². The van der Waals surface area contributed by atoms with Crippen LogP contribution < -0.4 is 0 Å². The topological polar surface area (TPSA) is 29.5 Å². The van der Waals surface area contributed by atoms with Crippen molar-refractivity contribution in [3.05, 3.63) is 12.2 Å². The maximum Gasteiger partial charge on any atom is 0.485 e. The molecule has 2 nitrogen and oxygen atoms in total. The molecule has 1 N–H and O–H groups in total. The summed E-state index contributed by atoms with van der Waals surface area (Å²) in [5.74, 6) is 0.327. The summed E-state index contributed by atoms with van der Waals surface area (Å²) in [5, 5.41) is 8.19. The van der Waals surface area contributed by atoms with Crippen molar-refractivity contribution in [2.24, 2.45) is 5.92 Å². The molecule has 0 aliphatic rings. The molecular weight excluding hydrogens is 127 g/mol. The molecule has 3 heteroatoms. The third kappa shape index (κ3) is 3.69. The lowest BCUT2D eigenvalue weighted by Crippen LogP contribution is -2.09. The van der Waals surface area contributed by atoms with E-state index in [0.717, 1.165) is 19.7 Å². The predicted octanol–water partition coefficient (Wildman–Crippen LogP) is 1.13. The largest absolute Gasteiger partial charge is 0.485 e. The summed E-state index contributed by atoms with van der Waals surface area (Å²) < 4.78 is 4.69. The van der Waals surface area contributed by atoms with Crippen molar-refractivity contribution < 1.29 is 9.68 Å². The zero-order valence-corrected chi connectivity index (χ0v) is 6.63. The first kappa shape index (κ1) is 9.72. The molecule has 0 aromatic rings. The van der Waals surface area contributed by atoms with Crippen LogP contribution in [0.1, 0.15) is 20.3 Å². The average Bonchev–Trinajstić information content (AvgIpc) is 1.98. The lowest BCUT2D eigenvalue weighted by atomic mass is 10.0. The third-order valence-corrected chi connectivity index (χ3v) is 1.57. The highest BCUT2D eigenvalue weighted by atomic mass is 16.5. The first-order valence-electron chi connectivity index (χ1n) is 3.47. The van der Waals surface area contributed by atoms with Gasteiger partial charge in [0, 0.05) is 6.61 Å². The Morgan fingerprint density at radius 1 is 1.80 bits per heavy atom. The van der Waals surface area contributed by atoms with Crippen molar-refractivity contribution in [1.82, 2.24) is 0 Å². The van der Waals surface area contributed by atoms with E-state index in [1.165, 1.54) is 0 Å². The van der Waals surface area contributed by atoms with E-state index < -0.39 is 0 Å².